The maximum absolute atomic E-state index is 12.4. The second kappa shape index (κ2) is 9.04. The fraction of sp³-hybridized carbons (Fsp3) is 0.100. The number of hydrogen-bond donors (Lipinski definition) is 1. The molecule has 7 nitrogen and oxygen atoms in total. The van der Waals surface area contributed by atoms with E-state index in [-0.39, 0.29) is 17.0 Å². The Morgan fingerprint density at radius 3 is 2.45 bits per heavy atom. The van der Waals surface area contributed by atoms with Crippen LogP contribution in [0.1, 0.15) is 26.5 Å². The SMILES string of the molecule is O=C(COC(=O)c1cccc(S(=O)(=O)NCc2ccco2)c1)c1ccc(Cl)cc1. The van der Waals surface area contributed by atoms with Crippen LogP contribution >= 0.6 is 11.6 Å². The molecule has 0 saturated carbocycles. The molecule has 3 rings (SSSR count). The van der Waals surface area contributed by atoms with Crippen LogP contribution < -0.4 is 4.72 Å². The number of benzene rings is 2. The van der Waals surface area contributed by atoms with Crippen molar-refractivity contribution in [1.29, 1.82) is 0 Å². The molecule has 0 aliphatic carbocycles. The van der Waals surface area contributed by atoms with Gasteiger partial charge in [0.1, 0.15) is 5.76 Å². The molecule has 0 unspecified atom stereocenters. The Kier molecular flexibility index (Phi) is 6.48. The maximum Gasteiger partial charge on any atom is 0.338 e. The standard InChI is InChI=1S/C20H16ClNO6S/c21-16-8-6-14(7-9-16)19(23)13-28-20(24)15-3-1-5-18(11-15)29(25,26)22-12-17-4-2-10-27-17/h1-11,22H,12-13H2. The molecule has 0 aliphatic rings. The van der Waals surface area contributed by atoms with Crippen molar-refractivity contribution in [3.8, 4) is 0 Å². The number of carbonyl (C=O) groups excluding carboxylic acids is 2. The van der Waals surface area contributed by atoms with E-state index in [4.69, 9.17) is 20.8 Å². The zero-order valence-corrected chi connectivity index (χ0v) is 16.6. The highest BCUT2D eigenvalue weighted by molar-refractivity contribution is 7.89. The molecule has 1 aromatic heterocycles. The first-order valence-corrected chi connectivity index (χ1v) is 10.3. The normalized spacial score (nSPS) is 11.2. The average molecular weight is 434 g/mol. The van der Waals surface area contributed by atoms with E-state index in [0.717, 1.165) is 0 Å². The van der Waals surface area contributed by atoms with Crippen LogP contribution in [-0.2, 0) is 21.3 Å². The third-order valence-electron chi connectivity index (χ3n) is 3.90. The van der Waals surface area contributed by atoms with Crippen molar-refractivity contribution < 1.29 is 27.2 Å². The van der Waals surface area contributed by atoms with Crippen LogP contribution in [0.4, 0.5) is 0 Å². The first kappa shape index (κ1) is 20.8. The van der Waals surface area contributed by atoms with Crippen molar-refractivity contribution in [2.24, 2.45) is 0 Å². The average Bonchev–Trinajstić information content (AvgIpc) is 3.25. The van der Waals surface area contributed by atoms with Gasteiger partial charge in [-0.1, -0.05) is 17.7 Å². The monoisotopic (exact) mass is 433 g/mol. The highest BCUT2D eigenvalue weighted by Gasteiger charge is 2.18. The Bertz CT molecular complexity index is 1110. The molecule has 1 N–H and O–H groups in total. The second-order valence-corrected chi connectivity index (χ2v) is 8.14. The molecule has 0 fully saturated rings. The lowest BCUT2D eigenvalue weighted by molar-refractivity contribution is 0.0474. The quantitative estimate of drug-likeness (QED) is 0.431. The number of rotatable bonds is 8. The van der Waals surface area contributed by atoms with E-state index in [2.05, 4.69) is 4.72 Å². The number of ether oxygens (including phenoxy) is 1. The number of esters is 1. The van der Waals surface area contributed by atoms with Crippen LogP contribution in [0.3, 0.4) is 0 Å². The lowest BCUT2D eigenvalue weighted by atomic mass is 10.1. The summed E-state index contributed by atoms with van der Waals surface area (Å²) >= 11 is 5.77. The summed E-state index contributed by atoms with van der Waals surface area (Å²) in [6.45, 7) is -0.506. The van der Waals surface area contributed by atoms with Gasteiger partial charge in [-0.15, -0.1) is 0 Å². The van der Waals surface area contributed by atoms with Crippen molar-refractivity contribution in [3.05, 3.63) is 88.8 Å². The van der Waals surface area contributed by atoms with E-state index in [1.54, 1.807) is 24.3 Å². The molecule has 0 aliphatic heterocycles. The number of ketones is 1. The molecule has 150 valence electrons. The number of sulfonamides is 1. The highest BCUT2D eigenvalue weighted by atomic mass is 35.5. The van der Waals surface area contributed by atoms with Gasteiger partial charge in [-0.2, -0.15) is 0 Å². The van der Waals surface area contributed by atoms with Gasteiger partial charge >= 0.3 is 5.97 Å². The van der Waals surface area contributed by atoms with Crippen LogP contribution in [0.5, 0.6) is 0 Å². The van der Waals surface area contributed by atoms with Gasteiger partial charge < -0.3 is 9.15 Å². The van der Waals surface area contributed by atoms with Crippen LogP contribution in [0, 0.1) is 0 Å². The van der Waals surface area contributed by atoms with Gasteiger partial charge in [0.2, 0.25) is 10.0 Å². The summed E-state index contributed by atoms with van der Waals surface area (Å²) in [7, 11) is -3.87. The molecule has 2 aromatic carbocycles. The van der Waals surface area contributed by atoms with Gasteiger partial charge in [0.25, 0.3) is 0 Å². The van der Waals surface area contributed by atoms with Gasteiger partial charge in [0.15, 0.2) is 12.4 Å². The molecule has 0 atom stereocenters. The molecule has 0 spiro atoms. The smallest absolute Gasteiger partial charge is 0.338 e. The summed E-state index contributed by atoms with van der Waals surface area (Å²) in [6.07, 6.45) is 1.44. The molecule has 3 aromatic rings. The fourth-order valence-corrected chi connectivity index (χ4v) is 3.55. The van der Waals surface area contributed by atoms with Crippen LogP contribution in [0.25, 0.3) is 0 Å². The van der Waals surface area contributed by atoms with Crippen molar-refractivity contribution in [2.45, 2.75) is 11.4 Å². The lowest BCUT2D eigenvalue weighted by Gasteiger charge is -2.08. The first-order valence-electron chi connectivity index (χ1n) is 8.43. The number of furan rings is 1. The van der Waals surface area contributed by atoms with Crippen molar-refractivity contribution in [2.75, 3.05) is 6.61 Å². The third-order valence-corrected chi connectivity index (χ3v) is 5.55. The van der Waals surface area contributed by atoms with Gasteiger partial charge in [-0.05, 0) is 54.6 Å². The van der Waals surface area contributed by atoms with E-state index < -0.39 is 28.4 Å². The van der Waals surface area contributed by atoms with Gasteiger partial charge in [-0.3, -0.25) is 4.79 Å². The molecule has 0 bridgehead atoms. The van der Waals surface area contributed by atoms with E-state index >= 15 is 0 Å². The topological polar surface area (TPSA) is 103 Å². The van der Waals surface area contributed by atoms with Crippen molar-refractivity contribution >= 4 is 33.4 Å². The Hall–Kier alpha value is -2.94. The minimum Gasteiger partial charge on any atom is -0.468 e. The second-order valence-electron chi connectivity index (χ2n) is 5.94. The predicted molar refractivity (Wildman–Crippen MR) is 105 cm³/mol. The number of halogens is 1. The summed E-state index contributed by atoms with van der Waals surface area (Å²) < 4.78 is 37.3. The highest BCUT2D eigenvalue weighted by Crippen LogP contribution is 2.14. The third kappa shape index (κ3) is 5.54. The minimum absolute atomic E-state index is 0.00906. The first-order chi connectivity index (χ1) is 13.8. The Morgan fingerprint density at radius 1 is 1.00 bits per heavy atom. The van der Waals surface area contributed by atoms with E-state index in [1.165, 1.54) is 42.7 Å². The molecule has 0 saturated heterocycles. The number of hydrogen-bond acceptors (Lipinski definition) is 6. The summed E-state index contributed by atoms with van der Waals surface area (Å²) in [5.41, 5.74) is 0.357. The zero-order valence-electron chi connectivity index (χ0n) is 15.0. The number of carbonyl (C=O) groups is 2. The molecule has 9 heteroatoms. The number of Topliss-reactive ketones (excluding diaryl/α,β-unsaturated/α-hetero) is 1. The van der Waals surface area contributed by atoms with E-state index in [9.17, 15) is 18.0 Å². The molecular weight excluding hydrogens is 418 g/mol. The molecule has 1 heterocycles. The predicted octanol–water partition coefficient (Wildman–Crippen LogP) is 3.45. The Balaban J connectivity index is 1.64. The van der Waals surface area contributed by atoms with Crippen LogP contribution in [0.15, 0.2) is 76.2 Å². The Labute approximate surface area is 172 Å². The van der Waals surface area contributed by atoms with Crippen LogP contribution in [0.2, 0.25) is 5.02 Å². The zero-order chi connectivity index (χ0) is 20.9. The molecule has 0 amide bonds. The summed E-state index contributed by atoms with van der Waals surface area (Å²) in [6, 6.07) is 14.8. The van der Waals surface area contributed by atoms with Crippen molar-refractivity contribution in [3.63, 3.8) is 0 Å². The molecule has 0 radical (unpaired) electrons. The summed E-state index contributed by atoms with van der Waals surface area (Å²) in [5, 5.41) is 0.484. The van der Waals surface area contributed by atoms with Crippen LogP contribution in [-0.4, -0.2) is 26.8 Å². The molecular formula is C20H16ClNO6S. The molecule has 29 heavy (non-hydrogen) atoms. The Morgan fingerprint density at radius 2 is 1.76 bits per heavy atom. The largest absolute Gasteiger partial charge is 0.468 e. The van der Waals surface area contributed by atoms with Crippen molar-refractivity contribution in [1.82, 2.24) is 4.72 Å². The van der Waals surface area contributed by atoms with Gasteiger partial charge in [0, 0.05) is 10.6 Å². The van der Waals surface area contributed by atoms with E-state index in [0.29, 0.717) is 16.3 Å². The lowest BCUT2D eigenvalue weighted by Crippen LogP contribution is -2.23. The minimum atomic E-state index is -3.87. The summed E-state index contributed by atoms with van der Waals surface area (Å²) in [5.74, 6) is -0.765. The van der Waals surface area contributed by atoms with Gasteiger partial charge in [0.05, 0.1) is 23.3 Å². The summed E-state index contributed by atoms with van der Waals surface area (Å²) in [4.78, 5) is 24.2. The maximum atomic E-state index is 12.4. The fourth-order valence-electron chi connectivity index (χ4n) is 2.39. The van der Waals surface area contributed by atoms with Gasteiger partial charge in [-0.25, -0.2) is 17.9 Å². The number of nitrogens with one attached hydrogen (secondary N) is 1. The van der Waals surface area contributed by atoms with E-state index in [1.807, 2.05) is 0 Å².